The lowest BCUT2D eigenvalue weighted by molar-refractivity contribution is -0.137. The van der Waals surface area contributed by atoms with Crippen LogP contribution in [0.3, 0.4) is 0 Å². The largest absolute Gasteiger partial charge is 0.481 e. The first-order chi connectivity index (χ1) is 17.0. The van der Waals surface area contributed by atoms with Crippen LogP contribution in [0.5, 0.6) is 0 Å². The summed E-state index contributed by atoms with van der Waals surface area (Å²) >= 11 is 0. The first-order valence-electron chi connectivity index (χ1n) is 13.8. The quantitative estimate of drug-likeness (QED) is 0.349. The summed E-state index contributed by atoms with van der Waals surface area (Å²) in [5.41, 5.74) is 3.38. The minimum absolute atomic E-state index is 0.113. The summed E-state index contributed by atoms with van der Waals surface area (Å²) in [6.07, 6.45) is 20.2. The zero-order chi connectivity index (χ0) is 24.6. The number of unbranched alkanes of at least 4 members (excludes halogenated alkanes) is 1. The molecule has 0 aliphatic heterocycles. The molecule has 3 unspecified atom stereocenters. The van der Waals surface area contributed by atoms with Crippen molar-refractivity contribution in [2.75, 3.05) is 6.54 Å². The Bertz CT molecular complexity index is 911. The van der Waals surface area contributed by atoms with Crippen LogP contribution in [0.4, 0.5) is 0 Å². The number of nitrogens with one attached hydrogen (secondary N) is 1. The number of nitrogens with zero attached hydrogens (tertiary/aromatic N) is 1. The summed E-state index contributed by atoms with van der Waals surface area (Å²) in [5.74, 6) is 1.18. The standard InChI is InChI=1S/C29H42N2O4/c1-20-22(14-16-26(32)33)13-15-25(27(20)23-11-7-12-24(23)29-31-18-19-35-29)28(34)30-17-6-5-10-21-8-3-2-4-9-21/h13,18-19,21,23-25H,2-12,14-17H2,1H3,(H,30,34)(H,32,33). The monoisotopic (exact) mass is 482 g/mol. The highest BCUT2D eigenvalue weighted by molar-refractivity contribution is 5.83. The van der Waals surface area contributed by atoms with Gasteiger partial charge in [0, 0.05) is 18.9 Å². The van der Waals surface area contributed by atoms with E-state index in [0.717, 1.165) is 55.2 Å². The Labute approximate surface area is 209 Å². The highest BCUT2D eigenvalue weighted by atomic mass is 16.4. The lowest BCUT2D eigenvalue weighted by atomic mass is 9.72. The molecule has 192 valence electrons. The number of carbonyl (C=O) groups is 2. The summed E-state index contributed by atoms with van der Waals surface area (Å²) in [6.45, 7) is 2.81. The fourth-order valence-corrected chi connectivity index (χ4v) is 6.72. The summed E-state index contributed by atoms with van der Waals surface area (Å²) in [6, 6.07) is 0. The van der Waals surface area contributed by atoms with Crippen molar-refractivity contribution in [3.8, 4) is 0 Å². The van der Waals surface area contributed by atoms with Gasteiger partial charge in [-0.05, 0) is 62.0 Å². The SMILES string of the molecule is CC1=C(C2CCCC2c2ncco2)C(C(=O)NCCCCC2CCCCC2)CC=C1CCC(=O)O. The smallest absolute Gasteiger partial charge is 0.303 e. The number of allylic oxidation sites excluding steroid dienone is 3. The number of carboxylic acid groups (broad SMARTS) is 1. The van der Waals surface area contributed by atoms with Gasteiger partial charge in [-0.3, -0.25) is 9.59 Å². The number of oxazole rings is 1. The van der Waals surface area contributed by atoms with Crippen molar-refractivity contribution in [2.45, 2.75) is 103 Å². The minimum Gasteiger partial charge on any atom is -0.481 e. The van der Waals surface area contributed by atoms with E-state index in [9.17, 15) is 14.7 Å². The molecule has 35 heavy (non-hydrogen) atoms. The number of carboxylic acids is 1. The van der Waals surface area contributed by atoms with Gasteiger partial charge >= 0.3 is 5.97 Å². The topological polar surface area (TPSA) is 92.4 Å². The Kier molecular flexibility index (Phi) is 9.22. The predicted octanol–water partition coefficient (Wildman–Crippen LogP) is 6.55. The van der Waals surface area contributed by atoms with Gasteiger partial charge in [-0.25, -0.2) is 4.98 Å². The van der Waals surface area contributed by atoms with Gasteiger partial charge < -0.3 is 14.8 Å². The van der Waals surface area contributed by atoms with Gasteiger partial charge in [-0.2, -0.15) is 0 Å². The molecule has 2 N–H and O–H groups in total. The van der Waals surface area contributed by atoms with Crippen LogP contribution in [0, 0.1) is 17.8 Å². The maximum Gasteiger partial charge on any atom is 0.303 e. The van der Waals surface area contributed by atoms with Crippen LogP contribution in [0.2, 0.25) is 0 Å². The van der Waals surface area contributed by atoms with E-state index in [0.29, 0.717) is 12.8 Å². The molecule has 1 aromatic rings. The number of aliphatic carboxylic acids is 1. The first-order valence-corrected chi connectivity index (χ1v) is 13.8. The Balaban J connectivity index is 1.42. The second-order valence-corrected chi connectivity index (χ2v) is 10.8. The molecule has 3 atom stereocenters. The van der Waals surface area contributed by atoms with Crippen LogP contribution in [-0.2, 0) is 9.59 Å². The second kappa shape index (κ2) is 12.5. The average molecular weight is 483 g/mol. The van der Waals surface area contributed by atoms with Crippen LogP contribution in [-0.4, -0.2) is 28.5 Å². The number of hydrogen-bond donors (Lipinski definition) is 2. The van der Waals surface area contributed by atoms with E-state index in [-0.39, 0.29) is 30.1 Å². The van der Waals surface area contributed by atoms with E-state index >= 15 is 0 Å². The van der Waals surface area contributed by atoms with Crippen molar-refractivity contribution in [1.29, 1.82) is 0 Å². The number of amides is 1. The van der Waals surface area contributed by atoms with Crippen molar-refractivity contribution in [1.82, 2.24) is 10.3 Å². The molecule has 6 nitrogen and oxygen atoms in total. The second-order valence-electron chi connectivity index (χ2n) is 10.8. The lowest BCUT2D eigenvalue weighted by Gasteiger charge is -2.33. The van der Waals surface area contributed by atoms with Crippen molar-refractivity contribution in [2.24, 2.45) is 17.8 Å². The molecule has 6 heteroatoms. The lowest BCUT2D eigenvalue weighted by Crippen LogP contribution is -2.36. The predicted molar refractivity (Wildman–Crippen MR) is 136 cm³/mol. The molecule has 3 aliphatic carbocycles. The van der Waals surface area contributed by atoms with Crippen LogP contribution >= 0.6 is 0 Å². The number of hydrogen-bond acceptors (Lipinski definition) is 4. The maximum absolute atomic E-state index is 13.4. The van der Waals surface area contributed by atoms with Gasteiger partial charge in [0.2, 0.25) is 5.91 Å². The van der Waals surface area contributed by atoms with E-state index < -0.39 is 5.97 Å². The van der Waals surface area contributed by atoms with E-state index in [1.807, 2.05) is 0 Å². The first kappa shape index (κ1) is 25.7. The van der Waals surface area contributed by atoms with Gasteiger partial charge in [0.05, 0.1) is 12.1 Å². The number of carbonyl (C=O) groups excluding carboxylic acids is 1. The fraction of sp³-hybridized carbons (Fsp3) is 0.690. The van der Waals surface area contributed by atoms with Crippen LogP contribution in [0.1, 0.15) is 109 Å². The van der Waals surface area contributed by atoms with Gasteiger partial charge in [-0.15, -0.1) is 0 Å². The Morgan fingerprint density at radius 3 is 2.63 bits per heavy atom. The van der Waals surface area contributed by atoms with Crippen molar-refractivity contribution in [3.05, 3.63) is 41.1 Å². The van der Waals surface area contributed by atoms with Crippen LogP contribution in [0.15, 0.2) is 39.7 Å². The Morgan fingerprint density at radius 1 is 1.09 bits per heavy atom. The van der Waals surface area contributed by atoms with E-state index in [1.54, 1.807) is 12.5 Å². The zero-order valence-corrected chi connectivity index (χ0v) is 21.3. The molecular weight excluding hydrogens is 440 g/mol. The summed E-state index contributed by atoms with van der Waals surface area (Å²) in [4.78, 5) is 29.1. The molecule has 2 saturated carbocycles. The van der Waals surface area contributed by atoms with E-state index in [1.165, 1.54) is 50.5 Å². The molecule has 0 radical (unpaired) electrons. The highest BCUT2D eigenvalue weighted by Crippen LogP contribution is 2.49. The molecule has 2 fully saturated rings. The fourth-order valence-electron chi connectivity index (χ4n) is 6.72. The van der Waals surface area contributed by atoms with Gasteiger partial charge in [0.1, 0.15) is 6.26 Å². The number of rotatable bonds is 11. The van der Waals surface area contributed by atoms with Crippen molar-refractivity contribution in [3.63, 3.8) is 0 Å². The molecule has 0 aromatic carbocycles. The van der Waals surface area contributed by atoms with Gasteiger partial charge in [0.25, 0.3) is 0 Å². The van der Waals surface area contributed by atoms with Gasteiger partial charge in [0.15, 0.2) is 5.89 Å². The molecular formula is C29H42N2O4. The highest BCUT2D eigenvalue weighted by Gasteiger charge is 2.40. The molecule has 0 bridgehead atoms. The molecule has 1 heterocycles. The van der Waals surface area contributed by atoms with Gasteiger partial charge in [-0.1, -0.05) is 63.0 Å². The molecule has 3 aliphatic rings. The third-order valence-corrected chi connectivity index (χ3v) is 8.56. The van der Waals surface area contributed by atoms with Crippen LogP contribution < -0.4 is 5.32 Å². The molecule has 0 saturated heterocycles. The maximum atomic E-state index is 13.4. The third kappa shape index (κ3) is 6.65. The van der Waals surface area contributed by atoms with Crippen LogP contribution in [0.25, 0.3) is 0 Å². The molecule has 4 rings (SSSR count). The van der Waals surface area contributed by atoms with E-state index in [4.69, 9.17) is 4.42 Å². The molecule has 1 amide bonds. The van der Waals surface area contributed by atoms with Crippen molar-refractivity contribution < 1.29 is 19.1 Å². The third-order valence-electron chi connectivity index (χ3n) is 8.56. The van der Waals surface area contributed by atoms with E-state index in [2.05, 4.69) is 23.3 Å². The summed E-state index contributed by atoms with van der Waals surface area (Å²) < 4.78 is 5.69. The zero-order valence-electron chi connectivity index (χ0n) is 21.3. The Hall–Kier alpha value is -2.37. The molecule has 1 aromatic heterocycles. The minimum atomic E-state index is -0.785. The number of aromatic nitrogens is 1. The summed E-state index contributed by atoms with van der Waals surface area (Å²) in [7, 11) is 0. The summed E-state index contributed by atoms with van der Waals surface area (Å²) in [5, 5.41) is 12.5. The normalized spacial score (nSPS) is 25.5. The molecule has 0 spiro atoms. The average Bonchev–Trinajstić information content (AvgIpc) is 3.55. The van der Waals surface area contributed by atoms with Crippen molar-refractivity contribution >= 4 is 11.9 Å². The Morgan fingerprint density at radius 2 is 1.89 bits per heavy atom.